The number of fused-ring (bicyclic) bond motifs is 2. The van der Waals surface area contributed by atoms with Crippen LogP contribution in [0.4, 0.5) is 0 Å². The molecule has 106 valence electrons. The van der Waals surface area contributed by atoms with Crippen LogP contribution in [0.3, 0.4) is 0 Å². The number of allylic oxidation sites excluding steroid dienone is 1. The van der Waals surface area contributed by atoms with Gasteiger partial charge in [0.05, 0.1) is 0 Å². The minimum atomic E-state index is -0.296. The fourth-order valence-corrected chi connectivity index (χ4v) is 4.45. The lowest BCUT2D eigenvalue weighted by Gasteiger charge is -2.39. The van der Waals surface area contributed by atoms with Crippen LogP contribution in [0, 0.1) is 11.3 Å². The van der Waals surface area contributed by atoms with Gasteiger partial charge in [0.25, 0.3) is 0 Å². The summed E-state index contributed by atoms with van der Waals surface area (Å²) in [5, 5.41) is 16.9. The van der Waals surface area contributed by atoms with E-state index in [1.54, 1.807) is 0 Å². The third kappa shape index (κ3) is 1.80. The molecule has 0 atom stereocenters. The summed E-state index contributed by atoms with van der Waals surface area (Å²) in [6.07, 6.45) is 3.79. The Bertz CT molecular complexity index is 593. The molecule has 3 N–H and O–H groups in total. The van der Waals surface area contributed by atoms with Crippen molar-refractivity contribution < 1.29 is 4.74 Å². The molecule has 1 saturated heterocycles. The number of aromatic nitrogens is 2. The van der Waals surface area contributed by atoms with E-state index in [4.69, 9.17) is 10.5 Å². The number of ether oxygens (including phenoxy) is 1. The largest absolute Gasteiger partial charge is 0.420 e. The van der Waals surface area contributed by atoms with Gasteiger partial charge in [-0.15, -0.1) is 5.10 Å². The Balaban J connectivity index is 2.18. The van der Waals surface area contributed by atoms with E-state index in [2.05, 4.69) is 23.2 Å². The van der Waals surface area contributed by atoms with Crippen LogP contribution in [0.5, 0.6) is 5.88 Å². The number of thioether (sulfide) groups is 1. The number of rotatable bonds is 2. The number of H-pyrrole nitrogens is 1. The van der Waals surface area contributed by atoms with E-state index in [-0.39, 0.29) is 11.3 Å². The van der Waals surface area contributed by atoms with Crippen LogP contribution in [-0.4, -0.2) is 21.7 Å². The summed E-state index contributed by atoms with van der Waals surface area (Å²) in [5.41, 5.74) is 8.42. The first-order valence-corrected chi connectivity index (χ1v) is 8.12. The Kier molecular flexibility index (Phi) is 3.38. The van der Waals surface area contributed by atoms with E-state index in [1.165, 1.54) is 0 Å². The van der Waals surface area contributed by atoms with Gasteiger partial charge in [-0.2, -0.15) is 17.0 Å². The zero-order valence-corrected chi connectivity index (χ0v) is 12.3. The van der Waals surface area contributed by atoms with Crippen molar-refractivity contribution in [3.63, 3.8) is 0 Å². The molecule has 0 aliphatic carbocycles. The number of hydrogen-bond acceptors (Lipinski definition) is 5. The van der Waals surface area contributed by atoms with E-state index >= 15 is 0 Å². The van der Waals surface area contributed by atoms with Gasteiger partial charge in [-0.1, -0.05) is 13.3 Å². The third-order valence-electron chi connectivity index (χ3n) is 4.18. The monoisotopic (exact) mass is 290 g/mol. The molecule has 6 heteroatoms. The normalized spacial score (nSPS) is 20.4. The summed E-state index contributed by atoms with van der Waals surface area (Å²) in [5.74, 6) is 2.86. The van der Waals surface area contributed by atoms with E-state index in [0.29, 0.717) is 11.5 Å². The lowest BCUT2D eigenvalue weighted by atomic mass is 9.69. The summed E-state index contributed by atoms with van der Waals surface area (Å²) < 4.78 is 5.58. The summed E-state index contributed by atoms with van der Waals surface area (Å²) in [6.45, 7) is 2.13. The van der Waals surface area contributed by atoms with Crippen LogP contribution in [-0.2, 0) is 11.8 Å². The highest BCUT2D eigenvalue weighted by molar-refractivity contribution is 7.99. The van der Waals surface area contributed by atoms with Crippen LogP contribution >= 0.6 is 11.8 Å². The zero-order valence-electron chi connectivity index (χ0n) is 11.5. The maximum atomic E-state index is 9.56. The molecule has 5 nitrogen and oxygen atoms in total. The highest BCUT2D eigenvalue weighted by atomic mass is 32.2. The molecule has 3 heterocycles. The number of aromatic amines is 1. The van der Waals surface area contributed by atoms with E-state index in [0.717, 1.165) is 48.4 Å². The van der Waals surface area contributed by atoms with Gasteiger partial charge in [0, 0.05) is 16.7 Å². The Morgan fingerprint density at radius 3 is 2.90 bits per heavy atom. The van der Waals surface area contributed by atoms with Gasteiger partial charge in [-0.3, -0.25) is 5.10 Å². The molecule has 0 radical (unpaired) electrons. The van der Waals surface area contributed by atoms with Crippen molar-refractivity contribution in [2.75, 3.05) is 11.5 Å². The van der Waals surface area contributed by atoms with Gasteiger partial charge in [0.1, 0.15) is 11.6 Å². The van der Waals surface area contributed by atoms with Crippen molar-refractivity contribution in [3.05, 3.63) is 22.7 Å². The Hall–Kier alpha value is -1.61. The van der Waals surface area contributed by atoms with Crippen molar-refractivity contribution in [1.82, 2.24) is 10.2 Å². The number of nitrogens with one attached hydrogen (secondary N) is 1. The van der Waals surface area contributed by atoms with Crippen LogP contribution in [0.1, 0.15) is 37.4 Å². The second kappa shape index (κ2) is 5.06. The fraction of sp³-hybridized carbons (Fsp3) is 0.571. The molecule has 0 aromatic carbocycles. The van der Waals surface area contributed by atoms with E-state index in [1.807, 2.05) is 11.8 Å². The van der Waals surface area contributed by atoms with Crippen molar-refractivity contribution in [1.29, 1.82) is 5.26 Å². The molecule has 0 saturated carbocycles. The van der Waals surface area contributed by atoms with Crippen molar-refractivity contribution >= 4 is 11.8 Å². The minimum Gasteiger partial charge on any atom is -0.420 e. The maximum Gasteiger partial charge on any atom is 0.244 e. The predicted molar refractivity (Wildman–Crippen MR) is 78.3 cm³/mol. The lowest BCUT2D eigenvalue weighted by Crippen LogP contribution is -2.39. The lowest BCUT2D eigenvalue weighted by molar-refractivity contribution is 0.329. The van der Waals surface area contributed by atoms with Gasteiger partial charge < -0.3 is 10.5 Å². The van der Waals surface area contributed by atoms with Crippen LogP contribution in [0.25, 0.3) is 0 Å². The van der Waals surface area contributed by atoms with Crippen LogP contribution in [0.15, 0.2) is 11.5 Å². The van der Waals surface area contributed by atoms with Gasteiger partial charge in [0.2, 0.25) is 11.8 Å². The van der Waals surface area contributed by atoms with Crippen molar-refractivity contribution in [2.45, 2.75) is 38.0 Å². The number of aryl methyl sites for hydroxylation is 1. The van der Waals surface area contributed by atoms with Gasteiger partial charge >= 0.3 is 0 Å². The first-order valence-electron chi connectivity index (χ1n) is 6.96. The number of hydrogen-bond donors (Lipinski definition) is 2. The number of nitrogens with zero attached hydrogens (tertiary/aromatic N) is 2. The molecule has 20 heavy (non-hydrogen) atoms. The molecule has 1 spiro atoms. The second-order valence-electron chi connectivity index (χ2n) is 5.28. The summed E-state index contributed by atoms with van der Waals surface area (Å²) in [7, 11) is 0. The van der Waals surface area contributed by atoms with Crippen LogP contribution < -0.4 is 10.5 Å². The molecule has 2 aliphatic heterocycles. The van der Waals surface area contributed by atoms with E-state index < -0.39 is 0 Å². The van der Waals surface area contributed by atoms with Crippen LogP contribution in [0.2, 0.25) is 0 Å². The van der Waals surface area contributed by atoms with Gasteiger partial charge in [-0.05, 0) is 30.8 Å². The zero-order chi connectivity index (χ0) is 14.2. The molecular formula is C14H18N4OS. The SMILES string of the molecule is CCCc1[nH]nc2c1C1(CCSCC1)C(C#N)=C(N)O2. The highest BCUT2D eigenvalue weighted by Gasteiger charge is 2.47. The molecule has 3 rings (SSSR count). The highest BCUT2D eigenvalue weighted by Crippen LogP contribution is 2.51. The first-order chi connectivity index (χ1) is 9.73. The molecular weight excluding hydrogens is 272 g/mol. The van der Waals surface area contributed by atoms with Crippen molar-refractivity contribution in [3.8, 4) is 11.9 Å². The van der Waals surface area contributed by atoms with E-state index in [9.17, 15) is 5.26 Å². The summed E-state index contributed by atoms with van der Waals surface area (Å²) >= 11 is 1.93. The Morgan fingerprint density at radius 2 is 2.25 bits per heavy atom. The smallest absolute Gasteiger partial charge is 0.244 e. The molecule has 1 aromatic rings. The fourth-order valence-electron chi connectivity index (χ4n) is 3.26. The first kappa shape index (κ1) is 13.4. The number of nitriles is 1. The standard InChI is InChI=1S/C14H18N4OS/c1-2-3-10-11-13(18-17-10)19-12(16)9(8-15)14(11)4-6-20-7-5-14/h2-7,16H2,1H3,(H,17,18). The molecule has 0 bridgehead atoms. The predicted octanol–water partition coefficient (Wildman–Crippen LogP) is 2.21. The Labute approximate surface area is 122 Å². The molecule has 1 fully saturated rings. The quantitative estimate of drug-likeness (QED) is 0.872. The molecule has 0 amide bonds. The van der Waals surface area contributed by atoms with Gasteiger partial charge in [0.15, 0.2) is 0 Å². The third-order valence-corrected chi connectivity index (χ3v) is 5.16. The molecule has 1 aromatic heterocycles. The molecule has 2 aliphatic rings. The Morgan fingerprint density at radius 1 is 1.50 bits per heavy atom. The van der Waals surface area contributed by atoms with Gasteiger partial charge in [-0.25, -0.2) is 0 Å². The maximum absolute atomic E-state index is 9.56. The molecule has 0 unspecified atom stereocenters. The topological polar surface area (TPSA) is 87.7 Å². The summed E-state index contributed by atoms with van der Waals surface area (Å²) in [6, 6.07) is 2.29. The average molecular weight is 290 g/mol. The number of nitrogens with two attached hydrogens (primary N) is 1. The minimum absolute atomic E-state index is 0.224. The second-order valence-corrected chi connectivity index (χ2v) is 6.50. The van der Waals surface area contributed by atoms with Crippen molar-refractivity contribution in [2.24, 2.45) is 5.73 Å². The average Bonchev–Trinajstić information content (AvgIpc) is 2.84. The summed E-state index contributed by atoms with van der Waals surface area (Å²) in [4.78, 5) is 0.